The number of sulfonamides is 1. The van der Waals surface area contributed by atoms with E-state index in [1.54, 1.807) is 0 Å². The summed E-state index contributed by atoms with van der Waals surface area (Å²) >= 11 is 0. The number of nitrogens with two attached hydrogens (primary N) is 1. The highest BCUT2D eigenvalue weighted by molar-refractivity contribution is 7.89. The fraction of sp³-hybridized carbons (Fsp3) is 0.231. The molecule has 2 rings (SSSR count). The van der Waals surface area contributed by atoms with Crippen molar-refractivity contribution >= 4 is 16.0 Å². The highest BCUT2D eigenvalue weighted by Crippen LogP contribution is 2.12. The van der Waals surface area contributed by atoms with Crippen LogP contribution in [0.3, 0.4) is 0 Å². The molecule has 1 aromatic heterocycles. The van der Waals surface area contributed by atoms with Gasteiger partial charge < -0.3 is 10.5 Å². The molecule has 0 atom stereocenters. The maximum Gasteiger partial charge on any atom is 0.243 e. The Bertz CT molecular complexity index is 702. The number of hydrogen-bond donors (Lipinski definition) is 2. The van der Waals surface area contributed by atoms with Crippen molar-refractivity contribution in [3.05, 3.63) is 42.2 Å². The molecule has 7 nitrogen and oxygen atoms in total. The van der Waals surface area contributed by atoms with E-state index in [0.717, 1.165) is 18.0 Å². The van der Waals surface area contributed by atoms with Crippen molar-refractivity contribution in [2.45, 2.75) is 11.8 Å². The summed E-state index contributed by atoms with van der Waals surface area (Å²) in [5, 5.41) is 0. The molecule has 0 amide bonds. The highest BCUT2D eigenvalue weighted by atomic mass is 32.2. The van der Waals surface area contributed by atoms with E-state index in [4.69, 9.17) is 10.5 Å². The van der Waals surface area contributed by atoms with Gasteiger partial charge in [-0.1, -0.05) is 12.1 Å². The third-order valence-corrected chi connectivity index (χ3v) is 4.03. The standard InChI is InChI=1S/C13H16N4O3S/c1-10-3-2-4-11(7-10)20-6-5-17-21(18,19)12-8-15-13(14)16-9-12/h2-4,7-9,17H,5-6H2,1H3,(H2,14,15,16). The first-order valence-corrected chi connectivity index (χ1v) is 7.72. The number of benzene rings is 1. The second kappa shape index (κ2) is 6.51. The second-order valence-electron chi connectivity index (χ2n) is 4.34. The van der Waals surface area contributed by atoms with Crippen molar-refractivity contribution in [3.63, 3.8) is 0 Å². The lowest BCUT2D eigenvalue weighted by molar-refractivity contribution is 0.322. The van der Waals surface area contributed by atoms with Crippen molar-refractivity contribution in [3.8, 4) is 5.75 Å². The van der Waals surface area contributed by atoms with E-state index in [1.165, 1.54) is 0 Å². The Morgan fingerprint density at radius 1 is 1.29 bits per heavy atom. The first-order chi connectivity index (χ1) is 9.97. The smallest absolute Gasteiger partial charge is 0.243 e. The number of rotatable bonds is 6. The molecule has 0 aliphatic rings. The van der Waals surface area contributed by atoms with Gasteiger partial charge in [-0.15, -0.1) is 0 Å². The van der Waals surface area contributed by atoms with Crippen LogP contribution in [0.1, 0.15) is 5.56 Å². The van der Waals surface area contributed by atoms with Gasteiger partial charge in [0.25, 0.3) is 0 Å². The molecule has 0 fully saturated rings. The molecule has 21 heavy (non-hydrogen) atoms. The first-order valence-electron chi connectivity index (χ1n) is 6.24. The topological polar surface area (TPSA) is 107 Å². The molecule has 0 spiro atoms. The molecule has 3 N–H and O–H groups in total. The van der Waals surface area contributed by atoms with Gasteiger partial charge in [0.05, 0.1) is 12.4 Å². The normalized spacial score (nSPS) is 11.3. The lowest BCUT2D eigenvalue weighted by atomic mass is 10.2. The van der Waals surface area contributed by atoms with Crippen LogP contribution in [0.25, 0.3) is 0 Å². The summed E-state index contributed by atoms with van der Waals surface area (Å²) in [5.41, 5.74) is 6.39. The predicted octanol–water partition coefficient (Wildman–Crippen LogP) is 0.725. The van der Waals surface area contributed by atoms with E-state index < -0.39 is 10.0 Å². The Labute approximate surface area is 123 Å². The predicted molar refractivity (Wildman–Crippen MR) is 78.3 cm³/mol. The number of anilines is 1. The van der Waals surface area contributed by atoms with Gasteiger partial charge in [0.15, 0.2) is 0 Å². The zero-order valence-corrected chi connectivity index (χ0v) is 12.3. The molecule has 1 heterocycles. The Balaban J connectivity index is 1.86. The van der Waals surface area contributed by atoms with Crippen molar-refractivity contribution in [2.24, 2.45) is 0 Å². The third-order valence-electron chi connectivity index (χ3n) is 2.61. The molecule has 0 unspecified atom stereocenters. The summed E-state index contributed by atoms with van der Waals surface area (Å²) in [4.78, 5) is 7.26. The van der Waals surface area contributed by atoms with Crippen molar-refractivity contribution in [1.82, 2.24) is 14.7 Å². The molecule has 0 bridgehead atoms. The minimum Gasteiger partial charge on any atom is -0.492 e. The molecule has 0 saturated carbocycles. The van der Waals surface area contributed by atoms with Crippen LogP contribution in [0, 0.1) is 6.92 Å². The molecule has 1 aromatic carbocycles. The summed E-state index contributed by atoms with van der Waals surface area (Å²) in [7, 11) is -3.65. The van der Waals surface area contributed by atoms with E-state index in [2.05, 4.69) is 14.7 Å². The van der Waals surface area contributed by atoms with Gasteiger partial charge in [0.1, 0.15) is 17.3 Å². The minimum atomic E-state index is -3.65. The highest BCUT2D eigenvalue weighted by Gasteiger charge is 2.14. The van der Waals surface area contributed by atoms with Crippen LogP contribution in [0.4, 0.5) is 5.95 Å². The average Bonchev–Trinajstić information content (AvgIpc) is 2.44. The zero-order chi connectivity index (χ0) is 15.3. The number of nitrogen functional groups attached to an aromatic ring is 1. The van der Waals surface area contributed by atoms with Crippen LogP contribution in [0.2, 0.25) is 0 Å². The van der Waals surface area contributed by atoms with E-state index in [9.17, 15) is 8.42 Å². The lowest BCUT2D eigenvalue weighted by Gasteiger charge is -2.08. The number of aryl methyl sites for hydroxylation is 1. The molecule has 0 radical (unpaired) electrons. The summed E-state index contributed by atoms with van der Waals surface area (Å²) in [6.07, 6.45) is 2.32. The van der Waals surface area contributed by atoms with Gasteiger partial charge in [-0.25, -0.2) is 23.1 Å². The molecule has 0 aliphatic heterocycles. The molecule has 2 aromatic rings. The maximum absolute atomic E-state index is 11.9. The molecule has 0 aliphatic carbocycles. The monoisotopic (exact) mass is 308 g/mol. The van der Waals surface area contributed by atoms with Gasteiger partial charge in [0.2, 0.25) is 16.0 Å². The van der Waals surface area contributed by atoms with E-state index >= 15 is 0 Å². The van der Waals surface area contributed by atoms with E-state index in [1.807, 2.05) is 31.2 Å². The van der Waals surface area contributed by atoms with Gasteiger partial charge in [-0.2, -0.15) is 0 Å². The van der Waals surface area contributed by atoms with Gasteiger partial charge >= 0.3 is 0 Å². The molecular weight excluding hydrogens is 292 g/mol. The van der Waals surface area contributed by atoms with Crippen LogP contribution in [-0.2, 0) is 10.0 Å². The molecule has 112 valence electrons. The van der Waals surface area contributed by atoms with Crippen molar-refractivity contribution in [2.75, 3.05) is 18.9 Å². The van der Waals surface area contributed by atoms with Crippen molar-refractivity contribution < 1.29 is 13.2 Å². The van der Waals surface area contributed by atoms with Crippen LogP contribution in [-0.4, -0.2) is 31.5 Å². The van der Waals surface area contributed by atoms with E-state index in [-0.39, 0.29) is 24.0 Å². The van der Waals surface area contributed by atoms with Gasteiger partial charge in [-0.3, -0.25) is 0 Å². The first kappa shape index (κ1) is 15.2. The Morgan fingerprint density at radius 2 is 2.00 bits per heavy atom. The number of aromatic nitrogens is 2. The van der Waals surface area contributed by atoms with Crippen LogP contribution in [0.5, 0.6) is 5.75 Å². The number of nitrogens with zero attached hydrogens (tertiary/aromatic N) is 2. The zero-order valence-electron chi connectivity index (χ0n) is 11.5. The van der Waals surface area contributed by atoms with Crippen LogP contribution < -0.4 is 15.2 Å². The summed E-state index contributed by atoms with van der Waals surface area (Å²) < 4.78 is 31.7. The number of hydrogen-bond acceptors (Lipinski definition) is 6. The summed E-state index contributed by atoms with van der Waals surface area (Å²) in [6, 6.07) is 7.52. The Hall–Kier alpha value is -2.19. The Kier molecular flexibility index (Phi) is 4.71. The number of ether oxygens (including phenoxy) is 1. The number of nitrogens with one attached hydrogen (secondary N) is 1. The fourth-order valence-corrected chi connectivity index (χ4v) is 2.50. The van der Waals surface area contributed by atoms with Crippen LogP contribution in [0.15, 0.2) is 41.6 Å². The molecule has 0 saturated heterocycles. The largest absolute Gasteiger partial charge is 0.492 e. The molecule has 8 heteroatoms. The summed E-state index contributed by atoms with van der Waals surface area (Å²) in [6.45, 7) is 2.32. The van der Waals surface area contributed by atoms with Gasteiger partial charge in [-0.05, 0) is 24.6 Å². The Morgan fingerprint density at radius 3 is 2.67 bits per heavy atom. The third kappa shape index (κ3) is 4.40. The average molecular weight is 308 g/mol. The second-order valence-corrected chi connectivity index (χ2v) is 6.11. The van der Waals surface area contributed by atoms with E-state index in [0.29, 0.717) is 5.75 Å². The maximum atomic E-state index is 11.9. The quantitative estimate of drug-likeness (QED) is 0.762. The summed E-state index contributed by atoms with van der Waals surface area (Å²) in [5.74, 6) is 0.724. The molecular formula is C13H16N4O3S. The SMILES string of the molecule is Cc1cccc(OCCNS(=O)(=O)c2cnc(N)nc2)c1. The fourth-order valence-electron chi connectivity index (χ4n) is 1.60. The van der Waals surface area contributed by atoms with Crippen LogP contribution >= 0.6 is 0 Å². The minimum absolute atomic E-state index is 0.0248. The van der Waals surface area contributed by atoms with Crippen molar-refractivity contribution in [1.29, 1.82) is 0 Å². The van der Waals surface area contributed by atoms with Gasteiger partial charge in [0, 0.05) is 6.54 Å². The lowest BCUT2D eigenvalue weighted by Crippen LogP contribution is -2.28.